The SMILES string of the molecule is N#CCCN1CCN(C(=O)Cn2cc(NC(=O)c3cnn4cccnc34)c(-c3cc(Cl)ccc3OC(F)F)n2)CC1. The first kappa shape index (κ1) is 27.9. The van der Waals surface area contributed by atoms with Crippen molar-refractivity contribution in [1.82, 2.24) is 34.2 Å². The highest BCUT2D eigenvalue weighted by Crippen LogP contribution is 2.37. The highest BCUT2D eigenvalue weighted by Gasteiger charge is 2.25. The smallest absolute Gasteiger partial charge is 0.387 e. The van der Waals surface area contributed by atoms with Crippen molar-refractivity contribution in [2.24, 2.45) is 0 Å². The molecule has 4 aromatic rings. The Morgan fingerprint density at radius 3 is 2.78 bits per heavy atom. The maximum Gasteiger partial charge on any atom is 0.387 e. The molecule has 1 aliphatic rings. The van der Waals surface area contributed by atoms with Gasteiger partial charge in [-0.3, -0.25) is 19.2 Å². The summed E-state index contributed by atoms with van der Waals surface area (Å²) in [6.45, 7) is -0.365. The monoisotopic (exact) mass is 583 g/mol. The standard InChI is InChI=1S/C26H24ClF2N9O3/c27-17-3-4-21(41-26(28)29)18(13-17)23-20(33-25(40)19-14-32-38-8-2-6-31-24(19)38)15-37(34-23)16-22(39)36-11-9-35(10-12-36)7-1-5-30/h2-4,6,8,13-15,26H,1,7,9-12,16H2,(H,33,40). The maximum absolute atomic E-state index is 13.3. The number of hydrogen-bond acceptors (Lipinski definition) is 8. The number of amides is 2. The minimum Gasteiger partial charge on any atom is -0.434 e. The highest BCUT2D eigenvalue weighted by molar-refractivity contribution is 6.31. The molecule has 2 amide bonds. The largest absolute Gasteiger partial charge is 0.434 e. The second-order valence-corrected chi connectivity index (χ2v) is 9.58. The molecule has 0 bridgehead atoms. The fraction of sp³-hybridized carbons (Fsp3) is 0.308. The Labute approximate surface area is 237 Å². The molecule has 0 atom stereocenters. The van der Waals surface area contributed by atoms with Crippen LogP contribution in [0.2, 0.25) is 5.02 Å². The van der Waals surface area contributed by atoms with Crippen LogP contribution in [0.25, 0.3) is 16.9 Å². The molecular weight excluding hydrogens is 560 g/mol. The van der Waals surface area contributed by atoms with E-state index in [2.05, 4.69) is 31.5 Å². The van der Waals surface area contributed by atoms with E-state index in [9.17, 15) is 18.4 Å². The number of ether oxygens (including phenoxy) is 1. The number of fused-ring (bicyclic) bond motifs is 1. The number of benzene rings is 1. The molecule has 3 aromatic heterocycles. The molecule has 0 aliphatic carbocycles. The molecule has 12 nitrogen and oxygen atoms in total. The number of carbonyl (C=O) groups excluding carboxylic acids is 2. The molecule has 15 heteroatoms. The Kier molecular flexibility index (Phi) is 8.37. The first-order chi connectivity index (χ1) is 19.8. The number of alkyl halides is 2. The minimum absolute atomic E-state index is 0.0788. The zero-order valence-corrected chi connectivity index (χ0v) is 22.3. The Hall–Kier alpha value is -4.61. The van der Waals surface area contributed by atoms with Crippen molar-refractivity contribution >= 4 is 34.7 Å². The van der Waals surface area contributed by atoms with Gasteiger partial charge in [0.05, 0.1) is 18.0 Å². The second kappa shape index (κ2) is 12.3. The van der Waals surface area contributed by atoms with Crippen molar-refractivity contribution in [2.75, 3.05) is 38.0 Å². The first-order valence-electron chi connectivity index (χ1n) is 12.6. The zero-order chi connectivity index (χ0) is 28.9. The molecule has 0 unspecified atom stereocenters. The molecule has 41 heavy (non-hydrogen) atoms. The van der Waals surface area contributed by atoms with Gasteiger partial charge in [0.2, 0.25) is 5.91 Å². The lowest BCUT2D eigenvalue weighted by Crippen LogP contribution is -2.49. The average molecular weight is 584 g/mol. The number of carbonyl (C=O) groups is 2. The summed E-state index contributed by atoms with van der Waals surface area (Å²) in [6, 6.07) is 7.84. The normalized spacial score (nSPS) is 13.9. The van der Waals surface area contributed by atoms with Gasteiger partial charge in [-0.15, -0.1) is 0 Å². The third-order valence-corrected chi connectivity index (χ3v) is 6.74. The molecular formula is C26H24ClF2N9O3. The lowest BCUT2D eigenvalue weighted by atomic mass is 10.1. The molecule has 212 valence electrons. The van der Waals surface area contributed by atoms with Crippen LogP contribution in [0, 0.1) is 11.3 Å². The van der Waals surface area contributed by atoms with Gasteiger partial charge in [0, 0.05) is 68.3 Å². The van der Waals surface area contributed by atoms with Crippen molar-refractivity contribution in [1.29, 1.82) is 5.26 Å². The fourth-order valence-corrected chi connectivity index (χ4v) is 4.70. The van der Waals surface area contributed by atoms with E-state index in [0.29, 0.717) is 44.8 Å². The van der Waals surface area contributed by atoms with Crippen LogP contribution in [0.4, 0.5) is 14.5 Å². The van der Waals surface area contributed by atoms with Gasteiger partial charge in [-0.25, -0.2) is 9.50 Å². The van der Waals surface area contributed by atoms with Crippen LogP contribution >= 0.6 is 11.6 Å². The summed E-state index contributed by atoms with van der Waals surface area (Å²) in [7, 11) is 0. The Bertz CT molecular complexity index is 1610. The third-order valence-electron chi connectivity index (χ3n) is 6.51. The second-order valence-electron chi connectivity index (χ2n) is 9.14. The number of anilines is 1. The molecule has 1 saturated heterocycles. The number of nitrogens with one attached hydrogen (secondary N) is 1. The van der Waals surface area contributed by atoms with Gasteiger partial charge in [-0.2, -0.15) is 24.2 Å². The lowest BCUT2D eigenvalue weighted by molar-refractivity contribution is -0.133. The van der Waals surface area contributed by atoms with Crippen molar-refractivity contribution in [3.63, 3.8) is 0 Å². The lowest BCUT2D eigenvalue weighted by Gasteiger charge is -2.34. The van der Waals surface area contributed by atoms with Crippen LogP contribution in [0.1, 0.15) is 16.8 Å². The van der Waals surface area contributed by atoms with E-state index in [1.165, 1.54) is 46.0 Å². The zero-order valence-electron chi connectivity index (χ0n) is 21.6. The van der Waals surface area contributed by atoms with Gasteiger partial charge in [-0.05, 0) is 24.3 Å². The highest BCUT2D eigenvalue weighted by atomic mass is 35.5. The van der Waals surface area contributed by atoms with Gasteiger partial charge >= 0.3 is 6.61 Å². The number of aromatic nitrogens is 5. The molecule has 1 N–H and O–H groups in total. The van der Waals surface area contributed by atoms with Gasteiger partial charge < -0.3 is 15.0 Å². The van der Waals surface area contributed by atoms with E-state index >= 15 is 0 Å². The summed E-state index contributed by atoms with van der Waals surface area (Å²) in [5.74, 6) is -0.987. The van der Waals surface area contributed by atoms with E-state index in [-0.39, 0.29) is 45.7 Å². The van der Waals surface area contributed by atoms with Gasteiger partial charge in [-0.1, -0.05) is 11.6 Å². The molecule has 1 aromatic carbocycles. The molecule has 0 saturated carbocycles. The summed E-state index contributed by atoms with van der Waals surface area (Å²) in [5, 5.41) is 20.4. The number of rotatable bonds is 9. The Balaban J connectivity index is 1.43. The number of nitriles is 1. The maximum atomic E-state index is 13.3. The van der Waals surface area contributed by atoms with Crippen molar-refractivity contribution < 1.29 is 23.1 Å². The summed E-state index contributed by atoms with van der Waals surface area (Å²) in [5.41, 5.74) is 0.802. The molecule has 0 spiro atoms. The van der Waals surface area contributed by atoms with E-state index in [1.807, 2.05) is 0 Å². The average Bonchev–Trinajstić information content (AvgIpc) is 3.57. The molecule has 4 heterocycles. The molecule has 1 fully saturated rings. The minimum atomic E-state index is -3.12. The summed E-state index contributed by atoms with van der Waals surface area (Å²) in [6.07, 6.45) is 6.38. The van der Waals surface area contributed by atoms with Crippen LogP contribution in [0.15, 0.2) is 49.1 Å². The quantitative estimate of drug-likeness (QED) is 0.318. The van der Waals surface area contributed by atoms with Crippen molar-refractivity contribution in [3.05, 3.63) is 59.6 Å². The number of nitrogens with zero attached hydrogens (tertiary/aromatic N) is 8. The van der Waals surface area contributed by atoms with E-state index < -0.39 is 12.5 Å². The van der Waals surface area contributed by atoms with E-state index in [4.69, 9.17) is 21.6 Å². The van der Waals surface area contributed by atoms with Crippen molar-refractivity contribution in [2.45, 2.75) is 19.6 Å². The fourth-order valence-electron chi connectivity index (χ4n) is 4.52. The first-order valence-corrected chi connectivity index (χ1v) is 13.0. The molecule has 1 aliphatic heterocycles. The number of hydrogen-bond donors (Lipinski definition) is 1. The van der Waals surface area contributed by atoms with Crippen LogP contribution in [0.3, 0.4) is 0 Å². The van der Waals surface area contributed by atoms with Crippen LogP contribution in [-0.4, -0.2) is 85.3 Å². The summed E-state index contributed by atoms with van der Waals surface area (Å²) in [4.78, 5) is 34.4. The topological polar surface area (TPSA) is 134 Å². The van der Waals surface area contributed by atoms with Crippen molar-refractivity contribution in [3.8, 4) is 23.1 Å². The Morgan fingerprint density at radius 1 is 1.22 bits per heavy atom. The number of halogens is 3. The van der Waals surface area contributed by atoms with Crippen LogP contribution < -0.4 is 10.1 Å². The van der Waals surface area contributed by atoms with Gasteiger partial charge in [0.1, 0.15) is 23.6 Å². The van der Waals surface area contributed by atoms with Gasteiger partial charge in [0.15, 0.2) is 5.65 Å². The predicted octanol–water partition coefficient (Wildman–Crippen LogP) is 3.16. The third kappa shape index (κ3) is 6.42. The summed E-state index contributed by atoms with van der Waals surface area (Å²) < 4.78 is 33.9. The van der Waals surface area contributed by atoms with Crippen LogP contribution in [0.5, 0.6) is 5.75 Å². The van der Waals surface area contributed by atoms with Gasteiger partial charge in [0.25, 0.3) is 5.91 Å². The van der Waals surface area contributed by atoms with E-state index in [0.717, 1.165) is 0 Å². The molecule has 0 radical (unpaired) electrons. The predicted molar refractivity (Wildman–Crippen MR) is 143 cm³/mol. The van der Waals surface area contributed by atoms with Crippen LogP contribution in [-0.2, 0) is 11.3 Å². The summed E-state index contributed by atoms with van der Waals surface area (Å²) >= 11 is 6.18. The Morgan fingerprint density at radius 2 is 2.02 bits per heavy atom. The van der Waals surface area contributed by atoms with E-state index in [1.54, 1.807) is 17.2 Å². The number of piperazine rings is 1. The molecule has 5 rings (SSSR count).